The summed E-state index contributed by atoms with van der Waals surface area (Å²) in [7, 11) is 0. The number of hydrogen-bond acceptors (Lipinski definition) is 1. The van der Waals surface area contributed by atoms with Gasteiger partial charge in [0.05, 0.1) is 5.56 Å². The lowest BCUT2D eigenvalue weighted by Gasteiger charge is -2.41. The van der Waals surface area contributed by atoms with E-state index in [1.54, 1.807) is 12.1 Å². The third-order valence-electron chi connectivity index (χ3n) is 4.44. The molecule has 0 unspecified atom stereocenters. The molecule has 2 N–H and O–H groups in total. The average molecular weight is 285 g/mol. The number of nitrogens with two attached hydrogens (primary N) is 1. The maximum Gasteiger partial charge on any atom is 0.416 e. The van der Waals surface area contributed by atoms with Gasteiger partial charge in [-0.05, 0) is 55.2 Å². The summed E-state index contributed by atoms with van der Waals surface area (Å²) in [6.45, 7) is 4.48. The van der Waals surface area contributed by atoms with Crippen molar-refractivity contribution in [1.82, 2.24) is 0 Å². The van der Waals surface area contributed by atoms with Gasteiger partial charge >= 0.3 is 6.18 Å². The molecule has 0 atom stereocenters. The fourth-order valence-corrected chi connectivity index (χ4v) is 2.82. The van der Waals surface area contributed by atoms with Gasteiger partial charge in [-0.25, -0.2) is 0 Å². The third kappa shape index (κ3) is 3.75. The highest BCUT2D eigenvalue weighted by molar-refractivity contribution is 5.26. The lowest BCUT2D eigenvalue weighted by atomic mass is 9.68. The van der Waals surface area contributed by atoms with E-state index in [0.717, 1.165) is 43.4 Å². The second-order valence-corrected chi connectivity index (χ2v) is 6.90. The molecule has 0 aliphatic heterocycles. The smallest absolute Gasteiger partial charge is 0.325 e. The summed E-state index contributed by atoms with van der Waals surface area (Å²) in [4.78, 5) is 0. The lowest BCUT2D eigenvalue weighted by Crippen LogP contribution is -2.46. The van der Waals surface area contributed by atoms with Crippen molar-refractivity contribution in [3.8, 4) is 0 Å². The molecule has 1 aliphatic rings. The van der Waals surface area contributed by atoms with Gasteiger partial charge in [0.15, 0.2) is 0 Å². The maximum absolute atomic E-state index is 12.5. The summed E-state index contributed by atoms with van der Waals surface area (Å²) in [6, 6.07) is 5.39. The highest BCUT2D eigenvalue weighted by Gasteiger charge is 2.35. The fourth-order valence-electron chi connectivity index (χ4n) is 2.82. The zero-order valence-corrected chi connectivity index (χ0v) is 12.1. The number of alkyl halides is 3. The topological polar surface area (TPSA) is 26.0 Å². The van der Waals surface area contributed by atoms with Crippen molar-refractivity contribution in [2.45, 2.75) is 57.7 Å². The Morgan fingerprint density at radius 3 is 1.95 bits per heavy atom. The monoisotopic (exact) mass is 285 g/mol. The molecule has 1 saturated carbocycles. The van der Waals surface area contributed by atoms with Crippen LogP contribution in [0.5, 0.6) is 0 Å². The third-order valence-corrected chi connectivity index (χ3v) is 4.44. The van der Waals surface area contributed by atoms with Gasteiger partial charge in [-0.1, -0.05) is 26.0 Å². The van der Waals surface area contributed by atoms with E-state index in [9.17, 15) is 13.2 Å². The molecule has 0 saturated heterocycles. The zero-order chi connectivity index (χ0) is 15.0. The normalized spacial score (nSPS) is 21.7. The molecule has 0 bridgehead atoms. The Morgan fingerprint density at radius 1 is 1.00 bits per heavy atom. The van der Waals surface area contributed by atoms with E-state index in [2.05, 4.69) is 13.8 Å². The van der Waals surface area contributed by atoms with Crippen molar-refractivity contribution in [2.75, 3.05) is 0 Å². The van der Waals surface area contributed by atoms with Gasteiger partial charge < -0.3 is 5.73 Å². The molecule has 20 heavy (non-hydrogen) atoms. The molecular weight excluding hydrogens is 263 g/mol. The quantitative estimate of drug-likeness (QED) is 0.848. The minimum atomic E-state index is -4.27. The van der Waals surface area contributed by atoms with Crippen LogP contribution in [0.4, 0.5) is 13.2 Å². The lowest BCUT2D eigenvalue weighted by molar-refractivity contribution is -0.137. The Bertz CT molecular complexity index is 450. The second-order valence-electron chi connectivity index (χ2n) is 6.90. The molecule has 1 fully saturated rings. The van der Waals surface area contributed by atoms with E-state index in [1.165, 1.54) is 0 Å². The molecular formula is C16H22F3N. The number of hydrogen-bond donors (Lipinski definition) is 1. The van der Waals surface area contributed by atoms with Crippen LogP contribution >= 0.6 is 0 Å². The van der Waals surface area contributed by atoms with Crippen LogP contribution in [0.25, 0.3) is 0 Å². The molecule has 0 aromatic heterocycles. The standard InChI is InChI=1S/C16H22F3N/c1-14(2)7-9-15(20,10-8-14)11-12-3-5-13(6-4-12)16(17,18)19/h3-6H,7-11,20H2,1-2H3. The van der Waals surface area contributed by atoms with E-state index in [0.29, 0.717) is 11.8 Å². The molecule has 2 rings (SSSR count). The van der Waals surface area contributed by atoms with Gasteiger partial charge in [0.2, 0.25) is 0 Å². The van der Waals surface area contributed by atoms with Crippen molar-refractivity contribution in [3.05, 3.63) is 35.4 Å². The first kappa shape index (κ1) is 15.4. The van der Waals surface area contributed by atoms with Crippen LogP contribution in [0.1, 0.15) is 50.7 Å². The predicted octanol–water partition coefficient (Wildman–Crippen LogP) is 4.55. The van der Waals surface area contributed by atoms with Gasteiger partial charge in [0, 0.05) is 5.54 Å². The maximum atomic E-state index is 12.5. The Balaban J connectivity index is 2.03. The fraction of sp³-hybridized carbons (Fsp3) is 0.625. The van der Waals surface area contributed by atoms with Crippen LogP contribution in [0, 0.1) is 5.41 Å². The van der Waals surface area contributed by atoms with Crippen molar-refractivity contribution in [2.24, 2.45) is 11.1 Å². The largest absolute Gasteiger partial charge is 0.416 e. The van der Waals surface area contributed by atoms with Crippen molar-refractivity contribution in [3.63, 3.8) is 0 Å². The summed E-state index contributed by atoms with van der Waals surface area (Å²) in [5.41, 5.74) is 6.77. The van der Waals surface area contributed by atoms with Crippen LogP contribution < -0.4 is 5.73 Å². The molecule has 0 radical (unpaired) electrons. The summed E-state index contributed by atoms with van der Waals surface area (Å²) in [5, 5.41) is 0. The van der Waals surface area contributed by atoms with E-state index < -0.39 is 11.7 Å². The Morgan fingerprint density at radius 2 is 1.50 bits per heavy atom. The Kier molecular flexibility index (Phi) is 3.89. The number of rotatable bonds is 2. The SMILES string of the molecule is CC1(C)CCC(N)(Cc2ccc(C(F)(F)F)cc2)CC1. The van der Waals surface area contributed by atoms with Gasteiger partial charge in [0.25, 0.3) is 0 Å². The highest BCUT2D eigenvalue weighted by atomic mass is 19.4. The van der Waals surface area contributed by atoms with Gasteiger partial charge in [-0.15, -0.1) is 0 Å². The highest BCUT2D eigenvalue weighted by Crippen LogP contribution is 2.40. The first-order valence-corrected chi connectivity index (χ1v) is 7.05. The van der Waals surface area contributed by atoms with Crippen molar-refractivity contribution in [1.29, 1.82) is 0 Å². The predicted molar refractivity (Wildman–Crippen MR) is 74.3 cm³/mol. The Hall–Kier alpha value is -1.03. The average Bonchev–Trinajstić information content (AvgIpc) is 2.33. The first-order chi connectivity index (χ1) is 9.10. The van der Waals surface area contributed by atoms with Crippen molar-refractivity contribution >= 4 is 0 Å². The van der Waals surface area contributed by atoms with E-state index in [-0.39, 0.29) is 5.54 Å². The molecule has 1 aliphatic carbocycles. The number of benzene rings is 1. The van der Waals surface area contributed by atoms with Crippen LogP contribution in [0.2, 0.25) is 0 Å². The summed E-state index contributed by atoms with van der Waals surface area (Å²) in [6.07, 6.45) is 0.394. The first-order valence-electron chi connectivity index (χ1n) is 7.05. The summed E-state index contributed by atoms with van der Waals surface area (Å²) >= 11 is 0. The molecule has 0 spiro atoms. The summed E-state index contributed by atoms with van der Waals surface area (Å²) in [5.74, 6) is 0. The van der Waals surface area contributed by atoms with E-state index >= 15 is 0 Å². The molecule has 112 valence electrons. The van der Waals surface area contributed by atoms with Gasteiger partial charge in [-0.3, -0.25) is 0 Å². The van der Waals surface area contributed by atoms with E-state index in [1.807, 2.05) is 0 Å². The number of halogens is 3. The van der Waals surface area contributed by atoms with Crippen molar-refractivity contribution < 1.29 is 13.2 Å². The molecule has 0 amide bonds. The minimum Gasteiger partial charge on any atom is -0.325 e. The second kappa shape index (κ2) is 5.06. The summed E-state index contributed by atoms with van der Waals surface area (Å²) < 4.78 is 37.5. The molecule has 0 heterocycles. The molecule has 4 heteroatoms. The molecule has 1 nitrogen and oxygen atoms in total. The van der Waals surface area contributed by atoms with Crippen LogP contribution in [0.3, 0.4) is 0 Å². The van der Waals surface area contributed by atoms with Crippen LogP contribution in [0.15, 0.2) is 24.3 Å². The van der Waals surface area contributed by atoms with Crippen LogP contribution in [-0.2, 0) is 12.6 Å². The molecule has 1 aromatic rings. The zero-order valence-electron chi connectivity index (χ0n) is 12.1. The Labute approximate surface area is 118 Å². The molecule has 1 aromatic carbocycles. The van der Waals surface area contributed by atoms with Crippen LogP contribution in [-0.4, -0.2) is 5.54 Å². The van der Waals surface area contributed by atoms with E-state index in [4.69, 9.17) is 5.73 Å². The van der Waals surface area contributed by atoms with Gasteiger partial charge in [0.1, 0.15) is 0 Å². The minimum absolute atomic E-state index is 0.269. The van der Waals surface area contributed by atoms with Gasteiger partial charge in [-0.2, -0.15) is 13.2 Å².